The highest BCUT2D eigenvalue weighted by Gasteiger charge is 2.13. The molecule has 0 radical (unpaired) electrons. The third kappa shape index (κ3) is 6.06. The summed E-state index contributed by atoms with van der Waals surface area (Å²) in [5, 5.41) is 2.89. The van der Waals surface area contributed by atoms with Gasteiger partial charge in [0.1, 0.15) is 11.5 Å². The number of ketones is 1. The summed E-state index contributed by atoms with van der Waals surface area (Å²) in [7, 11) is 6.25. The van der Waals surface area contributed by atoms with Crippen LogP contribution in [-0.4, -0.2) is 45.9 Å². The number of carbonyl (C=O) groups excluding carboxylic acids is 2. The number of rotatable bonds is 11. The van der Waals surface area contributed by atoms with Crippen LogP contribution in [0, 0.1) is 0 Å². The number of amides is 1. The molecule has 0 heterocycles. The van der Waals surface area contributed by atoms with Crippen molar-refractivity contribution >= 4 is 23.5 Å². The molecule has 0 bridgehead atoms. The van der Waals surface area contributed by atoms with Crippen LogP contribution in [0.25, 0.3) is 0 Å². The SMILES string of the molecule is COc1cc(OC)c(OC)cc1CNC(=O)CSCc1cc(C(C)=O)ccc1OC. The Hall–Kier alpha value is -2.87. The monoisotopic (exact) mass is 433 g/mol. The summed E-state index contributed by atoms with van der Waals surface area (Å²) in [6, 6.07) is 8.82. The van der Waals surface area contributed by atoms with Gasteiger partial charge in [0, 0.05) is 35.1 Å². The first-order valence-corrected chi connectivity index (χ1v) is 10.4. The molecular formula is C22H27NO6S. The van der Waals surface area contributed by atoms with Crippen molar-refractivity contribution in [1.82, 2.24) is 5.32 Å². The predicted octanol–water partition coefficient (Wildman–Crippen LogP) is 3.47. The van der Waals surface area contributed by atoms with Crippen molar-refractivity contribution in [2.45, 2.75) is 19.2 Å². The quantitative estimate of drug-likeness (QED) is 0.543. The van der Waals surface area contributed by atoms with Crippen LogP contribution in [0.3, 0.4) is 0 Å². The lowest BCUT2D eigenvalue weighted by Crippen LogP contribution is -2.25. The minimum atomic E-state index is -0.112. The molecule has 0 aliphatic heterocycles. The highest BCUT2D eigenvalue weighted by Crippen LogP contribution is 2.34. The summed E-state index contributed by atoms with van der Waals surface area (Å²) in [5.41, 5.74) is 2.28. The van der Waals surface area contributed by atoms with Gasteiger partial charge in [-0.05, 0) is 31.2 Å². The smallest absolute Gasteiger partial charge is 0.230 e. The Bertz CT molecular complexity index is 899. The summed E-state index contributed by atoms with van der Waals surface area (Å²) >= 11 is 1.44. The van der Waals surface area contributed by atoms with Crippen molar-refractivity contribution in [3.63, 3.8) is 0 Å². The molecule has 0 aromatic heterocycles. The fraction of sp³-hybridized carbons (Fsp3) is 0.364. The minimum Gasteiger partial charge on any atom is -0.496 e. The zero-order chi connectivity index (χ0) is 22.1. The predicted molar refractivity (Wildman–Crippen MR) is 117 cm³/mol. The fourth-order valence-electron chi connectivity index (χ4n) is 2.84. The normalized spacial score (nSPS) is 10.3. The first-order valence-electron chi connectivity index (χ1n) is 9.24. The molecule has 2 rings (SSSR count). The van der Waals surface area contributed by atoms with E-state index in [2.05, 4.69) is 5.32 Å². The molecule has 2 aromatic carbocycles. The van der Waals surface area contributed by atoms with Crippen LogP contribution in [0.4, 0.5) is 0 Å². The molecule has 1 amide bonds. The molecule has 30 heavy (non-hydrogen) atoms. The summed E-state index contributed by atoms with van der Waals surface area (Å²) in [4.78, 5) is 23.9. The Balaban J connectivity index is 1.95. The molecule has 0 unspecified atom stereocenters. The summed E-state index contributed by atoms with van der Waals surface area (Å²) in [6.07, 6.45) is 0. The summed E-state index contributed by atoms with van der Waals surface area (Å²) in [5.74, 6) is 3.12. The maximum absolute atomic E-state index is 12.3. The van der Waals surface area contributed by atoms with Crippen molar-refractivity contribution in [1.29, 1.82) is 0 Å². The molecule has 1 N–H and O–H groups in total. The second-order valence-corrected chi connectivity index (χ2v) is 7.36. The Morgan fingerprint density at radius 2 is 1.47 bits per heavy atom. The van der Waals surface area contributed by atoms with Crippen LogP contribution in [0.5, 0.6) is 23.0 Å². The third-order valence-corrected chi connectivity index (χ3v) is 5.42. The molecule has 8 heteroatoms. The van der Waals surface area contributed by atoms with Crippen LogP contribution >= 0.6 is 11.8 Å². The van der Waals surface area contributed by atoms with E-state index < -0.39 is 0 Å². The van der Waals surface area contributed by atoms with E-state index in [1.165, 1.54) is 18.7 Å². The number of nitrogens with one attached hydrogen (secondary N) is 1. The number of carbonyl (C=O) groups is 2. The first-order chi connectivity index (χ1) is 14.4. The molecule has 0 atom stereocenters. The van der Waals surface area contributed by atoms with Crippen molar-refractivity contribution < 1.29 is 28.5 Å². The molecular weight excluding hydrogens is 406 g/mol. The van der Waals surface area contributed by atoms with Crippen LogP contribution in [-0.2, 0) is 17.1 Å². The Labute approximate surface area is 181 Å². The van der Waals surface area contributed by atoms with Crippen molar-refractivity contribution in [3.05, 3.63) is 47.0 Å². The van der Waals surface area contributed by atoms with Crippen molar-refractivity contribution in [2.24, 2.45) is 0 Å². The second kappa shape index (κ2) is 11.3. The lowest BCUT2D eigenvalue weighted by Gasteiger charge is -2.14. The maximum atomic E-state index is 12.3. The van der Waals surface area contributed by atoms with E-state index in [1.54, 1.807) is 58.8 Å². The fourth-order valence-corrected chi connectivity index (χ4v) is 3.67. The molecule has 162 valence electrons. The average Bonchev–Trinajstić information content (AvgIpc) is 2.76. The Morgan fingerprint density at radius 1 is 0.833 bits per heavy atom. The molecule has 0 aliphatic rings. The van der Waals surface area contributed by atoms with Gasteiger partial charge in [0.15, 0.2) is 17.3 Å². The van der Waals surface area contributed by atoms with E-state index in [-0.39, 0.29) is 17.4 Å². The van der Waals surface area contributed by atoms with E-state index in [0.717, 1.165) is 11.1 Å². The van der Waals surface area contributed by atoms with E-state index in [0.29, 0.717) is 40.9 Å². The van der Waals surface area contributed by atoms with Crippen molar-refractivity contribution in [3.8, 4) is 23.0 Å². The third-order valence-electron chi connectivity index (χ3n) is 4.44. The van der Waals surface area contributed by atoms with Crippen LogP contribution < -0.4 is 24.3 Å². The topological polar surface area (TPSA) is 83.1 Å². The van der Waals surface area contributed by atoms with E-state index >= 15 is 0 Å². The number of ether oxygens (including phenoxy) is 4. The molecule has 0 aliphatic carbocycles. The van der Waals surface area contributed by atoms with Gasteiger partial charge in [0.2, 0.25) is 5.91 Å². The van der Waals surface area contributed by atoms with Crippen LogP contribution in [0.1, 0.15) is 28.4 Å². The minimum absolute atomic E-state index is 0.00878. The van der Waals surface area contributed by atoms with E-state index in [9.17, 15) is 9.59 Å². The standard InChI is InChI=1S/C22H27NO6S/c1-14(24)15-6-7-18(26-2)17(8-15)12-30-13-22(25)23-11-16-9-20(28-4)21(29-5)10-19(16)27-3/h6-10H,11-13H2,1-5H3,(H,23,25). The number of hydrogen-bond acceptors (Lipinski definition) is 7. The Morgan fingerprint density at radius 3 is 2.07 bits per heavy atom. The maximum Gasteiger partial charge on any atom is 0.230 e. The highest BCUT2D eigenvalue weighted by molar-refractivity contribution is 7.99. The molecule has 7 nitrogen and oxygen atoms in total. The lowest BCUT2D eigenvalue weighted by atomic mass is 10.1. The van der Waals surface area contributed by atoms with Gasteiger partial charge >= 0.3 is 0 Å². The molecule has 0 saturated heterocycles. The summed E-state index contributed by atoms with van der Waals surface area (Å²) < 4.78 is 21.3. The highest BCUT2D eigenvalue weighted by atomic mass is 32.2. The van der Waals surface area contributed by atoms with Gasteiger partial charge in [-0.2, -0.15) is 0 Å². The van der Waals surface area contributed by atoms with Crippen LogP contribution in [0.2, 0.25) is 0 Å². The molecule has 2 aromatic rings. The van der Waals surface area contributed by atoms with Gasteiger partial charge in [-0.15, -0.1) is 11.8 Å². The zero-order valence-corrected chi connectivity index (χ0v) is 18.7. The van der Waals surface area contributed by atoms with Gasteiger partial charge in [0.25, 0.3) is 0 Å². The molecule has 0 spiro atoms. The summed E-state index contributed by atoms with van der Waals surface area (Å²) in [6.45, 7) is 1.82. The largest absolute Gasteiger partial charge is 0.496 e. The van der Waals surface area contributed by atoms with Gasteiger partial charge in [-0.1, -0.05) is 0 Å². The van der Waals surface area contributed by atoms with Gasteiger partial charge < -0.3 is 24.3 Å². The molecule has 0 fully saturated rings. The van der Waals surface area contributed by atoms with Crippen molar-refractivity contribution in [2.75, 3.05) is 34.2 Å². The van der Waals surface area contributed by atoms with E-state index in [4.69, 9.17) is 18.9 Å². The number of methoxy groups -OCH3 is 4. The number of thioether (sulfide) groups is 1. The zero-order valence-electron chi connectivity index (χ0n) is 17.9. The van der Waals surface area contributed by atoms with Gasteiger partial charge in [0.05, 0.1) is 34.2 Å². The van der Waals surface area contributed by atoms with E-state index in [1.807, 2.05) is 0 Å². The number of Topliss-reactive ketones (excluding diaryl/α,β-unsaturated/α-hetero) is 1. The van der Waals surface area contributed by atoms with Crippen LogP contribution in [0.15, 0.2) is 30.3 Å². The van der Waals surface area contributed by atoms with Gasteiger partial charge in [-0.25, -0.2) is 0 Å². The number of hydrogen-bond donors (Lipinski definition) is 1. The lowest BCUT2D eigenvalue weighted by molar-refractivity contribution is -0.118. The average molecular weight is 434 g/mol. The Kier molecular flexibility index (Phi) is 8.86. The second-order valence-electron chi connectivity index (χ2n) is 6.37. The van der Waals surface area contributed by atoms with Gasteiger partial charge in [-0.3, -0.25) is 9.59 Å². The first kappa shape index (κ1) is 23.4. The molecule has 0 saturated carbocycles. The number of benzene rings is 2.